The zero-order chi connectivity index (χ0) is 11.4. The monoisotopic (exact) mass is 206 g/mol. The molecule has 0 N–H and O–H groups in total. The van der Waals surface area contributed by atoms with Gasteiger partial charge in [-0.05, 0) is 29.4 Å². The van der Waals surface area contributed by atoms with E-state index in [1.807, 2.05) is 13.0 Å². The molecule has 0 heteroatoms. The van der Waals surface area contributed by atoms with E-state index in [1.165, 1.54) is 16.0 Å². The number of hydrogen-bond donors (Lipinski definition) is 0. The highest BCUT2D eigenvalue weighted by atomic mass is 14.0. The Morgan fingerprint density at radius 1 is 1.25 bits per heavy atom. The van der Waals surface area contributed by atoms with Crippen molar-refractivity contribution in [2.75, 3.05) is 0 Å². The first kappa shape index (κ1) is 10.5. The van der Waals surface area contributed by atoms with E-state index in [9.17, 15) is 0 Å². The maximum Gasteiger partial charge on any atom is 0.00650 e. The van der Waals surface area contributed by atoms with E-state index in [1.54, 1.807) is 0 Å². The second-order valence-corrected chi connectivity index (χ2v) is 3.83. The summed E-state index contributed by atoms with van der Waals surface area (Å²) < 4.78 is 0. The lowest BCUT2D eigenvalue weighted by Crippen LogP contribution is -2.28. The van der Waals surface area contributed by atoms with Gasteiger partial charge in [-0.2, -0.15) is 0 Å². The minimum atomic E-state index is 0.978. The van der Waals surface area contributed by atoms with Crippen LogP contribution in [0.25, 0.3) is 11.1 Å². The zero-order valence-electron chi connectivity index (χ0n) is 9.40. The lowest BCUT2D eigenvalue weighted by Gasteiger charge is -2.03. The molecule has 0 fully saturated rings. The van der Waals surface area contributed by atoms with Crippen molar-refractivity contribution in [2.24, 2.45) is 0 Å². The summed E-state index contributed by atoms with van der Waals surface area (Å²) in [5.41, 5.74) is 2.32. The summed E-state index contributed by atoms with van der Waals surface area (Å²) >= 11 is 0. The molecule has 0 aromatic heterocycles. The van der Waals surface area contributed by atoms with E-state index in [4.69, 9.17) is 6.42 Å². The van der Waals surface area contributed by atoms with Crippen molar-refractivity contribution in [3.05, 3.63) is 59.0 Å². The van der Waals surface area contributed by atoms with Crippen LogP contribution in [0, 0.1) is 12.3 Å². The summed E-state index contributed by atoms with van der Waals surface area (Å²) in [6, 6.07) is 8.31. The molecule has 0 nitrogen and oxygen atoms in total. The quantitative estimate of drug-likeness (QED) is 0.571. The Morgan fingerprint density at radius 3 is 2.75 bits per heavy atom. The third kappa shape index (κ3) is 1.99. The van der Waals surface area contributed by atoms with Crippen LogP contribution < -0.4 is 10.4 Å². The summed E-state index contributed by atoms with van der Waals surface area (Å²) in [5, 5.41) is 2.42. The molecule has 2 rings (SSSR count). The highest BCUT2D eigenvalue weighted by Crippen LogP contribution is 2.08. The van der Waals surface area contributed by atoms with Gasteiger partial charge in [-0.25, -0.2) is 0 Å². The van der Waals surface area contributed by atoms with Crippen LogP contribution in [0.1, 0.15) is 13.3 Å². The smallest absolute Gasteiger partial charge is 0.00650 e. The molecule has 0 saturated carbocycles. The van der Waals surface area contributed by atoms with Gasteiger partial charge in [0.1, 0.15) is 0 Å². The standard InChI is InChI=1S/C16H14/c1-3-13(2)15-11-7-8-12-16(15)14-9-5-4-6-10-14/h1,4-9,11-12H,10H2,2H3/b15-13-,16-14-. The fraction of sp³-hybridized carbons (Fsp3) is 0.125. The van der Waals surface area contributed by atoms with Gasteiger partial charge in [0.25, 0.3) is 0 Å². The van der Waals surface area contributed by atoms with E-state index in [0.29, 0.717) is 0 Å². The Morgan fingerprint density at radius 2 is 2.06 bits per heavy atom. The molecule has 78 valence electrons. The van der Waals surface area contributed by atoms with Crippen LogP contribution in [-0.4, -0.2) is 0 Å². The average molecular weight is 206 g/mol. The maximum absolute atomic E-state index is 5.47. The highest BCUT2D eigenvalue weighted by molar-refractivity contribution is 5.65. The largest absolute Gasteiger partial charge is 0.115 e. The molecule has 0 heterocycles. The molecule has 16 heavy (non-hydrogen) atoms. The van der Waals surface area contributed by atoms with Crippen molar-refractivity contribution >= 4 is 11.1 Å². The van der Waals surface area contributed by atoms with Gasteiger partial charge in [0, 0.05) is 5.57 Å². The molecule has 0 saturated heterocycles. The van der Waals surface area contributed by atoms with Crippen LogP contribution in [0.2, 0.25) is 0 Å². The molecule has 1 aliphatic rings. The molecule has 0 amide bonds. The average Bonchev–Trinajstić information content (AvgIpc) is 2.39. The molecule has 0 spiro atoms. The Kier molecular flexibility index (Phi) is 3.08. The van der Waals surface area contributed by atoms with Gasteiger partial charge in [0.2, 0.25) is 0 Å². The number of benzene rings is 1. The molecule has 1 aliphatic carbocycles. The summed E-state index contributed by atoms with van der Waals surface area (Å²) in [6.07, 6.45) is 14.9. The fourth-order valence-electron chi connectivity index (χ4n) is 1.88. The normalized spacial score (nSPS) is 19.2. The summed E-state index contributed by atoms with van der Waals surface area (Å²) in [6.45, 7) is 1.99. The highest BCUT2D eigenvalue weighted by Gasteiger charge is 1.97. The Balaban J connectivity index is 2.82. The Labute approximate surface area is 96.3 Å². The van der Waals surface area contributed by atoms with Gasteiger partial charge in [-0.15, -0.1) is 6.42 Å². The fourth-order valence-corrected chi connectivity index (χ4v) is 1.88. The lowest BCUT2D eigenvalue weighted by atomic mass is 10.0. The first-order valence-electron chi connectivity index (χ1n) is 5.42. The molecule has 1 aromatic carbocycles. The van der Waals surface area contributed by atoms with Crippen molar-refractivity contribution in [2.45, 2.75) is 13.3 Å². The van der Waals surface area contributed by atoms with Gasteiger partial charge in [0.15, 0.2) is 0 Å². The minimum absolute atomic E-state index is 0.978. The van der Waals surface area contributed by atoms with Crippen LogP contribution >= 0.6 is 0 Å². The lowest BCUT2D eigenvalue weighted by molar-refractivity contribution is 1.34. The van der Waals surface area contributed by atoms with Crippen molar-refractivity contribution in [3.63, 3.8) is 0 Å². The third-order valence-corrected chi connectivity index (χ3v) is 2.78. The van der Waals surface area contributed by atoms with Crippen LogP contribution in [0.15, 0.2) is 48.6 Å². The van der Waals surface area contributed by atoms with Crippen LogP contribution in [0.5, 0.6) is 0 Å². The van der Waals surface area contributed by atoms with E-state index in [2.05, 4.69) is 48.4 Å². The molecule has 0 bridgehead atoms. The third-order valence-electron chi connectivity index (χ3n) is 2.78. The van der Waals surface area contributed by atoms with Gasteiger partial charge >= 0.3 is 0 Å². The zero-order valence-corrected chi connectivity index (χ0v) is 9.40. The van der Waals surface area contributed by atoms with Crippen LogP contribution in [0.3, 0.4) is 0 Å². The van der Waals surface area contributed by atoms with Crippen molar-refractivity contribution in [3.8, 4) is 12.3 Å². The van der Waals surface area contributed by atoms with Crippen molar-refractivity contribution in [1.29, 1.82) is 0 Å². The second-order valence-electron chi connectivity index (χ2n) is 3.83. The van der Waals surface area contributed by atoms with Crippen LogP contribution in [-0.2, 0) is 0 Å². The van der Waals surface area contributed by atoms with Gasteiger partial charge in [-0.3, -0.25) is 0 Å². The topological polar surface area (TPSA) is 0 Å². The second kappa shape index (κ2) is 4.68. The van der Waals surface area contributed by atoms with Gasteiger partial charge in [0.05, 0.1) is 0 Å². The van der Waals surface area contributed by atoms with E-state index in [-0.39, 0.29) is 0 Å². The Hall–Kier alpha value is -2.00. The molecule has 1 aromatic rings. The SMILES string of the molecule is C#C/C(C)=c1/cccc/c1=C1\C=CC=CC1. The molecular formula is C16H14. The van der Waals surface area contributed by atoms with E-state index < -0.39 is 0 Å². The Bertz CT molecular complexity index is 604. The van der Waals surface area contributed by atoms with Gasteiger partial charge in [-0.1, -0.05) is 54.5 Å². The van der Waals surface area contributed by atoms with E-state index in [0.717, 1.165) is 12.0 Å². The number of rotatable bonds is 0. The molecular weight excluding hydrogens is 192 g/mol. The number of allylic oxidation sites excluding steroid dienone is 4. The van der Waals surface area contributed by atoms with Crippen molar-refractivity contribution in [1.82, 2.24) is 0 Å². The predicted molar refractivity (Wildman–Crippen MR) is 69.9 cm³/mol. The summed E-state index contributed by atoms with van der Waals surface area (Å²) in [5.74, 6) is 2.72. The number of hydrogen-bond acceptors (Lipinski definition) is 0. The first-order valence-corrected chi connectivity index (χ1v) is 5.42. The number of terminal acetylenes is 1. The first-order chi connectivity index (χ1) is 7.83. The summed E-state index contributed by atoms with van der Waals surface area (Å²) in [7, 11) is 0. The maximum atomic E-state index is 5.47. The van der Waals surface area contributed by atoms with Gasteiger partial charge < -0.3 is 0 Å². The van der Waals surface area contributed by atoms with E-state index >= 15 is 0 Å². The predicted octanol–water partition coefficient (Wildman–Crippen LogP) is 2.16. The molecule has 0 unspecified atom stereocenters. The summed E-state index contributed by atoms with van der Waals surface area (Å²) in [4.78, 5) is 0. The van der Waals surface area contributed by atoms with Crippen LogP contribution in [0.4, 0.5) is 0 Å². The molecule has 0 aliphatic heterocycles. The van der Waals surface area contributed by atoms with Crippen molar-refractivity contribution < 1.29 is 0 Å². The minimum Gasteiger partial charge on any atom is -0.115 e. The molecule has 0 radical (unpaired) electrons. The molecule has 0 atom stereocenters.